The van der Waals surface area contributed by atoms with Crippen LogP contribution in [0.1, 0.15) is 24.8 Å². The Morgan fingerprint density at radius 1 is 1.21 bits per heavy atom. The third-order valence-electron chi connectivity index (χ3n) is 4.28. The second-order valence-corrected chi connectivity index (χ2v) is 5.63. The van der Waals surface area contributed by atoms with Crippen molar-refractivity contribution in [3.8, 4) is 5.75 Å². The molecule has 2 heterocycles. The van der Waals surface area contributed by atoms with Crippen molar-refractivity contribution in [2.75, 3.05) is 12.0 Å². The van der Waals surface area contributed by atoms with Gasteiger partial charge in [-0.2, -0.15) is 0 Å². The Balaban J connectivity index is 2.01. The van der Waals surface area contributed by atoms with E-state index in [-0.39, 0.29) is 23.6 Å². The summed E-state index contributed by atoms with van der Waals surface area (Å²) < 4.78 is 47.4. The van der Waals surface area contributed by atoms with Crippen LogP contribution < -0.4 is 9.64 Å². The first-order valence-electron chi connectivity index (χ1n) is 7.39. The van der Waals surface area contributed by atoms with Crippen LogP contribution in [0.4, 0.5) is 19.0 Å². The lowest BCUT2D eigenvalue weighted by molar-refractivity contribution is -0.117. The van der Waals surface area contributed by atoms with Gasteiger partial charge in [0.1, 0.15) is 17.4 Å². The number of carbonyl (C=O) groups excluding carboxylic acids is 1. The number of ether oxygens (including phenoxy) is 1. The number of hydrogen-bond donors (Lipinski definition) is 0. The van der Waals surface area contributed by atoms with E-state index in [2.05, 4.69) is 4.98 Å². The Labute approximate surface area is 136 Å². The van der Waals surface area contributed by atoms with Crippen molar-refractivity contribution in [1.29, 1.82) is 0 Å². The van der Waals surface area contributed by atoms with Crippen LogP contribution in [0.2, 0.25) is 0 Å². The number of methoxy groups -OCH3 is 1. The molecule has 1 aromatic heterocycles. The molecule has 0 aliphatic carbocycles. The third-order valence-corrected chi connectivity index (χ3v) is 4.28. The SMILES string of the molecule is COc1cc(F)c(C2CC(=O)N(c3ncccc3F)C2C)c(F)c1. The largest absolute Gasteiger partial charge is 0.497 e. The lowest BCUT2D eigenvalue weighted by Crippen LogP contribution is -2.34. The van der Waals surface area contributed by atoms with Gasteiger partial charge in [0.2, 0.25) is 5.91 Å². The standard InChI is InChI=1S/C17H15F3N2O2/c1-9-11(16-13(19)6-10(24-2)7-14(16)20)8-15(23)22(9)17-12(18)4-3-5-21-17/h3-7,9,11H,8H2,1-2H3. The molecular weight excluding hydrogens is 321 g/mol. The van der Waals surface area contributed by atoms with Gasteiger partial charge in [0.25, 0.3) is 0 Å². The second-order valence-electron chi connectivity index (χ2n) is 5.63. The molecule has 0 bridgehead atoms. The first-order chi connectivity index (χ1) is 11.4. The van der Waals surface area contributed by atoms with Gasteiger partial charge in [-0.25, -0.2) is 18.2 Å². The maximum absolute atomic E-state index is 14.3. The fourth-order valence-corrected chi connectivity index (χ4v) is 3.11. The molecule has 3 rings (SSSR count). The highest BCUT2D eigenvalue weighted by Crippen LogP contribution is 2.40. The van der Waals surface area contributed by atoms with Gasteiger partial charge < -0.3 is 4.74 Å². The first kappa shape index (κ1) is 16.3. The summed E-state index contributed by atoms with van der Waals surface area (Å²) in [7, 11) is 1.31. The summed E-state index contributed by atoms with van der Waals surface area (Å²) in [5.41, 5.74) is -0.199. The average molecular weight is 336 g/mol. The second kappa shape index (κ2) is 6.14. The minimum absolute atomic E-state index is 0.0540. The summed E-state index contributed by atoms with van der Waals surface area (Å²) in [6.07, 6.45) is 1.23. The monoisotopic (exact) mass is 336 g/mol. The van der Waals surface area contributed by atoms with Gasteiger partial charge in [0.15, 0.2) is 11.6 Å². The van der Waals surface area contributed by atoms with E-state index in [4.69, 9.17) is 4.74 Å². The minimum atomic E-state index is -0.792. The van der Waals surface area contributed by atoms with Gasteiger partial charge in [-0.15, -0.1) is 0 Å². The summed E-state index contributed by atoms with van der Waals surface area (Å²) in [4.78, 5) is 17.4. The maximum Gasteiger partial charge on any atom is 0.229 e. The molecule has 126 valence electrons. The van der Waals surface area contributed by atoms with Gasteiger partial charge in [0, 0.05) is 42.3 Å². The van der Waals surface area contributed by atoms with Crippen LogP contribution in [-0.2, 0) is 4.79 Å². The van der Waals surface area contributed by atoms with Gasteiger partial charge in [-0.05, 0) is 19.1 Å². The Bertz CT molecular complexity index is 774. The molecule has 1 amide bonds. The normalized spacial score (nSPS) is 20.5. The molecular formula is C17H15F3N2O2. The zero-order valence-electron chi connectivity index (χ0n) is 13.1. The third kappa shape index (κ3) is 2.60. The summed E-state index contributed by atoms with van der Waals surface area (Å²) in [5, 5.41) is 0. The molecule has 1 aromatic carbocycles. The molecule has 2 unspecified atom stereocenters. The zero-order valence-corrected chi connectivity index (χ0v) is 13.1. The molecule has 0 N–H and O–H groups in total. The van der Waals surface area contributed by atoms with E-state index in [1.54, 1.807) is 6.92 Å². The predicted molar refractivity (Wildman–Crippen MR) is 81.4 cm³/mol. The molecule has 2 aromatic rings. The highest BCUT2D eigenvalue weighted by Gasteiger charge is 2.42. The van der Waals surface area contributed by atoms with Crippen LogP contribution in [0.5, 0.6) is 5.75 Å². The first-order valence-corrected chi connectivity index (χ1v) is 7.39. The van der Waals surface area contributed by atoms with Crippen molar-refractivity contribution in [2.24, 2.45) is 0 Å². The number of aromatic nitrogens is 1. The lowest BCUT2D eigenvalue weighted by atomic mass is 9.91. The van der Waals surface area contributed by atoms with Crippen molar-refractivity contribution in [3.63, 3.8) is 0 Å². The van der Waals surface area contributed by atoms with Crippen LogP contribution in [0.15, 0.2) is 30.5 Å². The number of pyridine rings is 1. The van der Waals surface area contributed by atoms with E-state index in [1.165, 1.54) is 25.4 Å². The number of anilines is 1. The molecule has 0 radical (unpaired) electrons. The smallest absolute Gasteiger partial charge is 0.229 e. The van der Waals surface area contributed by atoms with Crippen LogP contribution in [-0.4, -0.2) is 24.0 Å². The van der Waals surface area contributed by atoms with E-state index >= 15 is 0 Å². The minimum Gasteiger partial charge on any atom is -0.497 e. The highest BCUT2D eigenvalue weighted by atomic mass is 19.1. The Morgan fingerprint density at radius 2 is 1.88 bits per heavy atom. The molecule has 1 aliphatic rings. The summed E-state index contributed by atoms with van der Waals surface area (Å²) in [5.74, 6) is -3.50. The van der Waals surface area contributed by atoms with Gasteiger partial charge >= 0.3 is 0 Å². The molecule has 7 heteroatoms. The average Bonchev–Trinajstić information content (AvgIpc) is 2.82. The van der Waals surface area contributed by atoms with Gasteiger partial charge in [-0.3, -0.25) is 9.69 Å². The molecule has 2 atom stereocenters. The molecule has 24 heavy (non-hydrogen) atoms. The number of halogens is 3. The fraction of sp³-hybridized carbons (Fsp3) is 0.294. The predicted octanol–water partition coefficient (Wildman–Crippen LogP) is 3.42. The van der Waals surface area contributed by atoms with Crippen LogP contribution in [0.3, 0.4) is 0 Å². The topological polar surface area (TPSA) is 42.4 Å². The molecule has 1 saturated heterocycles. The van der Waals surface area contributed by atoms with Crippen LogP contribution in [0.25, 0.3) is 0 Å². The van der Waals surface area contributed by atoms with Crippen molar-refractivity contribution >= 4 is 11.7 Å². The summed E-state index contributed by atoms with van der Waals surface area (Å²) in [6, 6.07) is 4.09. The Kier molecular flexibility index (Phi) is 4.17. The zero-order chi connectivity index (χ0) is 17.4. The molecule has 4 nitrogen and oxygen atoms in total. The van der Waals surface area contributed by atoms with Gasteiger partial charge in [-0.1, -0.05) is 0 Å². The Hall–Kier alpha value is -2.57. The number of hydrogen-bond acceptors (Lipinski definition) is 3. The number of nitrogens with zero attached hydrogens (tertiary/aromatic N) is 2. The van der Waals surface area contributed by atoms with Crippen molar-refractivity contribution in [2.45, 2.75) is 25.3 Å². The van der Waals surface area contributed by atoms with Crippen LogP contribution in [0, 0.1) is 17.5 Å². The Morgan fingerprint density at radius 3 is 2.46 bits per heavy atom. The van der Waals surface area contributed by atoms with E-state index < -0.39 is 35.3 Å². The quantitative estimate of drug-likeness (QED) is 0.863. The van der Waals surface area contributed by atoms with Crippen LogP contribution >= 0.6 is 0 Å². The van der Waals surface area contributed by atoms with Crippen molar-refractivity contribution < 1.29 is 22.7 Å². The maximum atomic E-state index is 14.3. The fourth-order valence-electron chi connectivity index (χ4n) is 3.11. The molecule has 0 saturated carbocycles. The van der Waals surface area contributed by atoms with Gasteiger partial charge in [0.05, 0.1) is 7.11 Å². The molecule has 1 aliphatic heterocycles. The van der Waals surface area contributed by atoms with Crippen molar-refractivity contribution in [3.05, 3.63) is 53.5 Å². The number of rotatable bonds is 3. The lowest BCUT2D eigenvalue weighted by Gasteiger charge is -2.24. The highest BCUT2D eigenvalue weighted by molar-refractivity contribution is 5.96. The number of benzene rings is 1. The van der Waals surface area contributed by atoms with E-state index in [0.29, 0.717) is 0 Å². The molecule has 0 spiro atoms. The molecule has 1 fully saturated rings. The van der Waals surface area contributed by atoms with E-state index in [0.717, 1.165) is 17.0 Å². The van der Waals surface area contributed by atoms with E-state index in [1.807, 2.05) is 0 Å². The van der Waals surface area contributed by atoms with Crippen molar-refractivity contribution in [1.82, 2.24) is 4.98 Å². The number of carbonyl (C=O) groups is 1. The van der Waals surface area contributed by atoms with E-state index in [9.17, 15) is 18.0 Å². The summed E-state index contributed by atoms with van der Waals surface area (Å²) in [6.45, 7) is 1.62. The summed E-state index contributed by atoms with van der Waals surface area (Å²) >= 11 is 0. The number of amides is 1.